The van der Waals surface area contributed by atoms with Crippen LogP contribution in [0.1, 0.15) is 76.3 Å². The van der Waals surface area contributed by atoms with Crippen LogP contribution in [0.25, 0.3) is 0 Å². The molecule has 2 aromatic carbocycles. The maximum Gasteiger partial charge on any atom is 0.238 e. The molecule has 3 aliphatic rings. The fraction of sp³-hybridized carbons (Fsp3) is 0.562. The highest BCUT2D eigenvalue weighted by Gasteiger charge is 2.61. The third kappa shape index (κ3) is 6.23. The lowest BCUT2D eigenvalue weighted by molar-refractivity contribution is -0.124. The number of nitrogens with one attached hydrogen (secondary N) is 2. The van der Waals surface area contributed by atoms with Gasteiger partial charge < -0.3 is 10.6 Å². The minimum absolute atomic E-state index is 0.0261. The average molecular weight is 668 g/mol. The number of rotatable bonds is 6. The highest BCUT2D eigenvalue weighted by molar-refractivity contribution is 7.89. The molecule has 3 fully saturated rings. The number of carbonyl (C=O) groups is 1. The Hall–Kier alpha value is -2.29. The van der Waals surface area contributed by atoms with Crippen molar-refractivity contribution in [1.29, 1.82) is 5.26 Å². The van der Waals surface area contributed by atoms with Gasteiger partial charge >= 0.3 is 0 Å². The van der Waals surface area contributed by atoms with Crippen LogP contribution < -0.4 is 10.6 Å². The number of hydrogen-bond acceptors (Lipinski definition) is 5. The Bertz CT molecular complexity index is 1570. The van der Waals surface area contributed by atoms with Gasteiger partial charge in [0.25, 0.3) is 0 Å². The molecule has 0 radical (unpaired) electrons. The van der Waals surface area contributed by atoms with E-state index in [1.807, 2.05) is 20.8 Å². The summed E-state index contributed by atoms with van der Waals surface area (Å²) in [5.74, 6) is -2.89. The first kappa shape index (κ1) is 33.1. The summed E-state index contributed by atoms with van der Waals surface area (Å²) in [4.78, 5) is 14.2. The third-order valence-electron chi connectivity index (χ3n) is 9.32. The second kappa shape index (κ2) is 12.5. The van der Waals surface area contributed by atoms with Gasteiger partial charge in [0.1, 0.15) is 17.0 Å². The van der Waals surface area contributed by atoms with Crippen molar-refractivity contribution in [3.05, 3.63) is 69.2 Å². The molecule has 12 heteroatoms. The van der Waals surface area contributed by atoms with Gasteiger partial charge in [-0.1, -0.05) is 62.2 Å². The normalized spacial score (nSPS) is 30.6. The monoisotopic (exact) mass is 666 g/mol. The van der Waals surface area contributed by atoms with E-state index in [0.29, 0.717) is 45.1 Å². The molecule has 7 nitrogen and oxygen atoms in total. The van der Waals surface area contributed by atoms with Crippen molar-refractivity contribution in [2.75, 3.05) is 12.3 Å². The molecule has 2 N–H and O–H groups in total. The highest BCUT2D eigenvalue weighted by atomic mass is 35.5. The van der Waals surface area contributed by atoms with Gasteiger partial charge in [0.05, 0.1) is 22.9 Å². The number of sulfonamides is 1. The van der Waals surface area contributed by atoms with Crippen molar-refractivity contribution in [2.24, 2.45) is 5.41 Å². The Morgan fingerprint density at radius 3 is 2.45 bits per heavy atom. The van der Waals surface area contributed by atoms with Crippen LogP contribution in [0.5, 0.6) is 0 Å². The number of halogens is 4. The SMILES string of the molecule is CC(C)(C)C[C@@H]1N[C@@H](C(=O)NC2CCC(N3CCCS3(=O)=O)CC2)C(c2cccc(Cl)c2F)[C@@]1(C#N)c1ccc(Cl)cc1F. The minimum Gasteiger partial charge on any atom is -0.352 e. The molecule has 2 aromatic rings. The molecule has 4 atom stereocenters. The molecule has 0 spiro atoms. The zero-order chi connectivity index (χ0) is 32.0. The lowest BCUT2D eigenvalue weighted by Gasteiger charge is -2.37. The Labute approximate surface area is 268 Å². The predicted molar refractivity (Wildman–Crippen MR) is 167 cm³/mol. The number of nitrogens with zero attached hydrogens (tertiary/aromatic N) is 2. The topological polar surface area (TPSA) is 102 Å². The summed E-state index contributed by atoms with van der Waals surface area (Å²) in [6.45, 7) is 6.47. The number of hydrogen-bond donors (Lipinski definition) is 2. The lowest BCUT2D eigenvalue weighted by atomic mass is 9.62. The van der Waals surface area contributed by atoms with Crippen LogP contribution in [0.3, 0.4) is 0 Å². The van der Waals surface area contributed by atoms with Crippen LogP contribution in [0, 0.1) is 28.4 Å². The van der Waals surface area contributed by atoms with Gasteiger partial charge in [-0.15, -0.1) is 0 Å². The number of amides is 1. The van der Waals surface area contributed by atoms with Crippen LogP contribution in [-0.2, 0) is 20.2 Å². The molecule has 0 bridgehead atoms. The second-order valence-electron chi connectivity index (χ2n) is 13.5. The molecule has 1 saturated carbocycles. The van der Waals surface area contributed by atoms with Crippen molar-refractivity contribution in [3.63, 3.8) is 0 Å². The molecule has 2 heterocycles. The quantitative estimate of drug-likeness (QED) is 0.391. The second-order valence-corrected chi connectivity index (χ2v) is 16.4. The number of benzene rings is 2. The maximum atomic E-state index is 15.9. The van der Waals surface area contributed by atoms with Crippen LogP contribution in [0.4, 0.5) is 8.78 Å². The van der Waals surface area contributed by atoms with E-state index < -0.39 is 51.0 Å². The van der Waals surface area contributed by atoms with Gasteiger partial charge in [-0.25, -0.2) is 17.2 Å². The summed E-state index contributed by atoms with van der Waals surface area (Å²) in [7, 11) is -3.24. The summed E-state index contributed by atoms with van der Waals surface area (Å²) >= 11 is 12.3. The van der Waals surface area contributed by atoms with Crippen molar-refractivity contribution in [2.45, 2.75) is 94.8 Å². The molecule has 1 aliphatic carbocycles. The van der Waals surface area contributed by atoms with E-state index in [1.165, 1.54) is 24.3 Å². The van der Waals surface area contributed by atoms with E-state index in [2.05, 4.69) is 16.7 Å². The molecule has 2 saturated heterocycles. The first-order valence-electron chi connectivity index (χ1n) is 15.0. The van der Waals surface area contributed by atoms with E-state index in [9.17, 15) is 18.5 Å². The predicted octanol–water partition coefficient (Wildman–Crippen LogP) is 6.06. The molecule has 5 rings (SSSR count). The summed E-state index contributed by atoms with van der Waals surface area (Å²) < 4.78 is 58.1. The molecule has 1 amide bonds. The van der Waals surface area contributed by atoms with Crippen molar-refractivity contribution >= 4 is 39.1 Å². The molecule has 238 valence electrons. The fourth-order valence-corrected chi connectivity index (χ4v) is 9.57. The van der Waals surface area contributed by atoms with Gasteiger partial charge in [0.15, 0.2) is 0 Å². The fourth-order valence-electron chi connectivity index (χ4n) is 7.42. The summed E-state index contributed by atoms with van der Waals surface area (Å²) in [6, 6.07) is 8.70. The van der Waals surface area contributed by atoms with Crippen LogP contribution in [-0.4, -0.2) is 55.1 Å². The van der Waals surface area contributed by atoms with Crippen molar-refractivity contribution in [1.82, 2.24) is 14.9 Å². The largest absolute Gasteiger partial charge is 0.352 e. The van der Waals surface area contributed by atoms with Gasteiger partial charge in [-0.05, 0) is 67.7 Å². The summed E-state index contributed by atoms with van der Waals surface area (Å²) in [6.07, 6.45) is 3.37. The smallest absolute Gasteiger partial charge is 0.238 e. The van der Waals surface area contributed by atoms with Crippen molar-refractivity contribution < 1.29 is 22.0 Å². The van der Waals surface area contributed by atoms with Gasteiger partial charge in [0, 0.05) is 41.2 Å². The Kier molecular flexibility index (Phi) is 9.39. The lowest BCUT2D eigenvalue weighted by Crippen LogP contribution is -2.50. The Morgan fingerprint density at radius 2 is 1.86 bits per heavy atom. The minimum atomic E-state index is -3.24. The zero-order valence-electron chi connectivity index (χ0n) is 25.0. The molecule has 0 aromatic heterocycles. The van der Waals surface area contributed by atoms with Crippen LogP contribution in [0.15, 0.2) is 36.4 Å². The van der Waals surface area contributed by atoms with Gasteiger partial charge in [0.2, 0.25) is 15.9 Å². The number of nitriles is 1. The molecular formula is C32H38Cl2F2N4O3S. The van der Waals surface area contributed by atoms with Gasteiger partial charge in [-0.3, -0.25) is 4.79 Å². The average Bonchev–Trinajstić information content (AvgIpc) is 3.46. The molecule has 44 heavy (non-hydrogen) atoms. The van der Waals surface area contributed by atoms with E-state index in [-0.39, 0.29) is 44.4 Å². The zero-order valence-corrected chi connectivity index (χ0v) is 27.4. The summed E-state index contributed by atoms with van der Waals surface area (Å²) in [5.41, 5.74) is -1.98. The Balaban J connectivity index is 1.52. The number of carbonyl (C=O) groups excluding carboxylic acids is 1. The van der Waals surface area contributed by atoms with E-state index in [1.54, 1.807) is 10.4 Å². The highest BCUT2D eigenvalue weighted by Crippen LogP contribution is 2.52. The van der Waals surface area contributed by atoms with Crippen LogP contribution >= 0.6 is 23.2 Å². The first-order chi connectivity index (χ1) is 20.7. The van der Waals surface area contributed by atoms with Crippen molar-refractivity contribution in [3.8, 4) is 6.07 Å². The Morgan fingerprint density at radius 1 is 1.16 bits per heavy atom. The maximum absolute atomic E-state index is 15.9. The standard InChI is InChI=1S/C32H38Cl2F2N4O3S/c1-31(2,3)17-26-32(18-37,23-13-8-19(33)16-25(23)35)27(22-6-4-7-24(34)28(22)36)29(39-26)30(41)38-20-9-11-21(12-10-20)40-14-5-15-44(40,42)43/h4,6-8,13,16,20-21,26-27,29,39H,5,9-12,14-15,17H2,1-3H3,(H,38,41)/t20?,21?,26-,27?,29+,32-/m0/s1. The molecular weight excluding hydrogens is 629 g/mol. The van der Waals surface area contributed by atoms with E-state index in [4.69, 9.17) is 23.2 Å². The van der Waals surface area contributed by atoms with Crippen LogP contribution in [0.2, 0.25) is 10.0 Å². The van der Waals surface area contributed by atoms with E-state index in [0.717, 1.165) is 6.07 Å². The third-order valence-corrected chi connectivity index (χ3v) is 11.8. The first-order valence-corrected chi connectivity index (χ1v) is 17.4. The van der Waals surface area contributed by atoms with E-state index >= 15 is 8.78 Å². The van der Waals surface area contributed by atoms with Gasteiger partial charge in [-0.2, -0.15) is 9.57 Å². The molecule has 1 unspecified atom stereocenters. The summed E-state index contributed by atoms with van der Waals surface area (Å²) in [5, 5.41) is 17.4. The molecule has 2 aliphatic heterocycles.